The number of carbonyl (C=O) groups excluding carboxylic acids is 2. The Morgan fingerprint density at radius 2 is 1.56 bits per heavy atom. The summed E-state index contributed by atoms with van der Waals surface area (Å²) in [4.78, 5) is 41.4. The Kier molecular flexibility index (Phi) is 6.93. The average Bonchev–Trinajstić information content (AvgIpc) is 3.17. The fourth-order valence-corrected chi connectivity index (χ4v) is 4.21. The van der Waals surface area contributed by atoms with Crippen LogP contribution in [0, 0.1) is 20.8 Å². The molecule has 0 atom stereocenters. The molecule has 1 saturated heterocycles. The van der Waals surface area contributed by atoms with Crippen LogP contribution in [0.25, 0.3) is 11.4 Å². The number of nitrogens with one attached hydrogen (secondary N) is 1. The van der Waals surface area contributed by atoms with Gasteiger partial charge in [-0.15, -0.1) is 0 Å². The van der Waals surface area contributed by atoms with Crippen molar-refractivity contribution < 1.29 is 14.1 Å². The van der Waals surface area contributed by atoms with Crippen LogP contribution < -0.4 is 11.1 Å². The van der Waals surface area contributed by atoms with E-state index in [2.05, 4.69) is 10.5 Å². The SMILES string of the molecule is Cc1ccccc1-c1noc(=O)n1CC(=O)N1CCN(CC(=O)Nc2c(C)cccc2C)CC1. The maximum atomic E-state index is 12.9. The summed E-state index contributed by atoms with van der Waals surface area (Å²) in [5, 5.41) is 6.89. The minimum Gasteiger partial charge on any atom is -0.339 e. The molecule has 0 radical (unpaired) electrons. The zero-order chi connectivity index (χ0) is 24.2. The van der Waals surface area contributed by atoms with E-state index >= 15 is 0 Å². The molecule has 9 nitrogen and oxygen atoms in total. The first-order valence-electron chi connectivity index (χ1n) is 11.3. The van der Waals surface area contributed by atoms with Gasteiger partial charge in [-0.2, -0.15) is 0 Å². The van der Waals surface area contributed by atoms with Crippen molar-refractivity contribution in [1.29, 1.82) is 0 Å². The van der Waals surface area contributed by atoms with Gasteiger partial charge in [0, 0.05) is 37.4 Å². The number of piperazine rings is 1. The van der Waals surface area contributed by atoms with Crippen molar-refractivity contribution in [2.24, 2.45) is 0 Å². The van der Waals surface area contributed by atoms with Gasteiger partial charge in [0.15, 0.2) is 5.82 Å². The molecule has 1 aliphatic heterocycles. The number of carbonyl (C=O) groups is 2. The first kappa shape index (κ1) is 23.4. The summed E-state index contributed by atoms with van der Waals surface area (Å²) in [6.07, 6.45) is 0. The van der Waals surface area contributed by atoms with E-state index in [4.69, 9.17) is 4.52 Å². The molecule has 3 aromatic rings. The lowest BCUT2D eigenvalue weighted by Gasteiger charge is -2.34. The van der Waals surface area contributed by atoms with Gasteiger partial charge in [0.25, 0.3) is 0 Å². The van der Waals surface area contributed by atoms with Gasteiger partial charge in [-0.25, -0.2) is 9.36 Å². The highest BCUT2D eigenvalue weighted by molar-refractivity contribution is 5.93. The molecular weight excluding hydrogens is 434 g/mol. The number of hydrogen-bond donors (Lipinski definition) is 1. The predicted octanol–water partition coefficient (Wildman–Crippen LogP) is 2.21. The van der Waals surface area contributed by atoms with Crippen LogP contribution in [-0.4, -0.2) is 64.1 Å². The molecule has 2 aromatic carbocycles. The summed E-state index contributed by atoms with van der Waals surface area (Å²) in [5.74, 6) is -0.567. The molecule has 2 heterocycles. The van der Waals surface area contributed by atoms with Crippen LogP contribution in [0.1, 0.15) is 16.7 Å². The van der Waals surface area contributed by atoms with E-state index in [0.29, 0.717) is 32.0 Å². The van der Waals surface area contributed by atoms with Crippen LogP contribution in [0.3, 0.4) is 0 Å². The molecule has 0 spiro atoms. The fourth-order valence-electron chi connectivity index (χ4n) is 4.21. The number of aryl methyl sites for hydroxylation is 3. The molecule has 178 valence electrons. The van der Waals surface area contributed by atoms with Crippen molar-refractivity contribution in [3.8, 4) is 11.4 Å². The summed E-state index contributed by atoms with van der Waals surface area (Å²) >= 11 is 0. The van der Waals surface area contributed by atoms with Gasteiger partial charge in [-0.1, -0.05) is 47.6 Å². The number of rotatable bonds is 6. The predicted molar refractivity (Wildman–Crippen MR) is 129 cm³/mol. The lowest BCUT2D eigenvalue weighted by atomic mass is 10.1. The number of para-hydroxylation sites is 1. The Morgan fingerprint density at radius 3 is 2.24 bits per heavy atom. The van der Waals surface area contributed by atoms with Crippen LogP contribution in [0.15, 0.2) is 51.8 Å². The summed E-state index contributed by atoms with van der Waals surface area (Å²) < 4.78 is 6.13. The Hall–Kier alpha value is -3.72. The molecule has 2 amide bonds. The van der Waals surface area contributed by atoms with Crippen LogP contribution in [0.5, 0.6) is 0 Å². The smallest absolute Gasteiger partial charge is 0.339 e. The third-order valence-corrected chi connectivity index (χ3v) is 6.20. The minimum atomic E-state index is -0.659. The zero-order valence-corrected chi connectivity index (χ0v) is 19.7. The highest BCUT2D eigenvalue weighted by Crippen LogP contribution is 2.21. The third kappa shape index (κ3) is 5.09. The van der Waals surface area contributed by atoms with E-state index in [-0.39, 0.29) is 24.9 Å². The molecule has 1 fully saturated rings. The van der Waals surface area contributed by atoms with Gasteiger partial charge in [0.05, 0.1) is 6.54 Å². The van der Waals surface area contributed by atoms with E-state index in [9.17, 15) is 14.4 Å². The fraction of sp³-hybridized carbons (Fsp3) is 0.360. The Bertz CT molecular complexity index is 1230. The van der Waals surface area contributed by atoms with Gasteiger partial charge < -0.3 is 10.2 Å². The van der Waals surface area contributed by atoms with Crippen LogP contribution >= 0.6 is 0 Å². The Balaban J connectivity index is 1.33. The molecule has 34 heavy (non-hydrogen) atoms. The van der Waals surface area contributed by atoms with Crippen molar-refractivity contribution >= 4 is 17.5 Å². The van der Waals surface area contributed by atoms with Crippen LogP contribution in [0.2, 0.25) is 0 Å². The molecule has 0 aliphatic carbocycles. The lowest BCUT2D eigenvalue weighted by molar-refractivity contribution is -0.133. The zero-order valence-electron chi connectivity index (χ0n) is 19.7. The number of hydrogen-bond acceptors (Lipinski definition) is 6. The maximum Gasteiger partial charge on any atom is 0.442 e. The average molecular weight is 464 g/mol. The quantitative estimate of drug-likeness (QED) is 0.602. The molecule has 1 aromatic heterocycles. The van der Waals surface area contributed by atoms with Crippen molar-refractivity contribution in [3.05, 3.63) is 69.7 Å². The maximum absolute atomic E-state index is 12.9. The molecule has 1 aliphatic rings. The Morgan fingerprint density at radius 1 is 0.912 bits per heavy atom. The topological polar surface area (TPSA) is 101 Å². The van der Waals surface area contributed by atoms with Gasteiger partial charge in [0.2, 0.25) is 11.8 Å². The standard InChI is InChI=1S/C25H29N5O4/c1-17-7-4-5-10-20(17)24-27-34-25(33)30(24)16-22(32)29-13-11-28(12-14-29)15-21(31)26-23-18(2)8-6-9-19(23)3/h4-10H,11-16H2,1-3H3,(H,26,31). The third-order valence-electron chi connectivity index (χ3n) is 6.20. The Labute approximate surface area is 198 Å². The second-order valence-corrected chi connectivity index (χ2v) is 8.65. The molecule has 0 saturated carbocycles. The van der Waals surface area contributed by atoms with E-state index < -0.39 is 5.76 Å². The lowest BCUT2D eigenvalue weighted by Crippen LogP contribution is -2.51. The van der Waals surface area contributed by atoms with Crippen molar-refractivity contribution in [2.75, 3.05) is 38.0 Å². The van der Waals surface area contributed by atoms with E-state index in [1.54, 1.807) is 4.90 Å². The summed E-state index contributed by atoms with van der Waals surface area (Å²) in [6.45, 7) is 8.10. The van der Waals surface area contributed by atoms with Crippen molar-refractivity contribution in [2.45, 2.75) is 27.3 Å². The van der Waals surface area contributed by atoms with Crippen molar-refractivity contribution in [1.82, 2.24) is 19.5 Å². The van der Waals surface area contributed by atoms with E-state index in [1.165, 1.54) is 4.57 Å². The number of anilines is 1. The van der Waals surface area contributed by atoms with Gasteiger partial charge in [-0.05, 0) is 37.5 Å². The van der Waals surface area contributed by atoms with Crippen LogP contribution in [0.4, 0.5) is 5.69 Å². The number of benzene rings is 2. The van der Waals surface area contributed by atoms with E-state index in [1.807, 2.05) is 68.1 Å². The highest BCUT2D eigenvalue weighted by Gasteiger charge is 2.25. The first-order chi connectivity index (χ1) is 16.3. The second kappa shape index (κ2) is 10.0. The number of nitrogens with zero attached hydrogens (tertiary/aromatic N) is 4. The summed E-state index contributed by atoms with van der Waals surface area (Å²) in [5.41, 5.74) is 4.59. The molecule has 9 heteroatoms. The van der Waals surface area contributed by atoms with Gasteiger partial charge >= 0.3 is 5.76 Å². The molecule has 0 unspecified atom stereocenters. The highest BCUT2D eigenvalue weighted by atomic mass is 16.5. The largest absolute Gasteiger partial charge is 0.442 e. The molecular formula is C25H29N5O4. The number of aromatic nitrogens is 2. The monoisotopic (exact) mass is 463 g/mol. The van der Waals surface area contributed by atoms with E-state index in [0.717, 1.165) is 27.9 Å². The molecule has 0 bridgehead atoms. The summed E-state index contributed by atoms with van der Waals surface area (Å²) in [6, 6.07) is 13.4. The van der Waals surface area contributed by atoms with Crippen LogP contribution in [-0.2, 0) is 16.1 Å². The van der Waals surface area contributed by atoms with Gasteiger partial charge in [0.1, 0.15) is 6.54 Å². The minimum absolute atomic E-state index is 0.0731. The normalized spacial score (nSPS) is 14.3. The number of amides is 2. The second-order valence-electron chi connectivity index (χ2n) is 8.65. The van der Waals surface area contributed by atoms with Crippen molar-refractivity contribution in [3.63, 3.8) is 0 Å². The first-order valence-corrected chi connectivity index (χ1v) is 11.3. The van der Waals surface area contributed by atoms with Gasteiger partial charge in [-0.3, -0.25) is 19.0 Å². The summed E-state index contributed by atoms with van der Waals surface area (Å²) in [7, 11) is 0. The molecule has 4 rings (SSSR count). The molecule has 1 N–H and O–H groups in total.